The predicted molar refractivity (Wildman–Crippen MR) is 102 cm³/mol. The van der Waals surface area contributed by atoms with E-state index < -0.39 is 21.8 Å². The van der Waals surface area contributed by atoms with Crippen molar-refractivity contribution in [1.82, 2.24) is 4.31 Å². The number of piperidine rings is 1. The van der Waals surface area contributed by atoms with Crippen LogP contribution in [0.3, 0.4) is 0 Å². The van der Waals surface area contributed by atoms with Crippen molar-refractivity contribution in [1.29, 1.82) is 0 Å². The zero-order chi connectivity index (χ0) is 19.6. The molecule has 144 valence electrons. The van der Waals surface area contributed by atoms with E-state index in [1.807, 2.05) is 32.0 Å². The van der Waals surface area contributed by atoms with Gasteiger partial charge in [0.1, 0.15) is 5.82 Å². The normalized spacial score (nSPS) is 18.3. The molecule has 1 amide bonds. The lowest BCUT2D eigenvalue weighted by Crippen LogP contribution is -2.43. The van der Waals surface area contributed by atoms with Crippen molar-refractivity contribution in [2.24, 2.45) is 5.92 Å². The minimum atomic E-state index is -3.75. The fraction of sp³-hybridized carbons (Fsp3) is 0.350. The van der Waals surface area contributed by atoms with E-state index in [1.165, 1.54) is 16.4 Å². The average molecular weight is 390 g/mol. The topological polar surface area (TPSA) is 66.5 Å². The Bertz CT molecular complexity index is 942. The van der Waals surface area contributed by atoms with Gasteiger partial charge in [-0.15, -0.1) is 0 Å². The number of benzene rings is 2. The molecule has 1 N–H and O–H groups in total. The predicted octanol–water partition coefficient (Wildman–Crippen LogP) is 3.48. The molecule has 0 aromatic heterocycles. The minimum Gasteiger partial charge on any atom is -0.326 e. The van der Waals surface area contributed by atoms with Crippen molar-refractivity contribution in [3.05, 3.63) is 59.4 Å². The third kappa shape index (κ3) is 4.36. The molecule has 1 saturated heterocycles. The maximum absolute atomic E-state index is 13.1. The fourth-order valence-electron chi connectivity index (χ4n) is 3.24. The zero-order valence-corrected chi connectivity index (χ0v) is 16.2. The number of nitrogens with zero attached hydrogens (tertiary/aromatic N) is 1. The summed E-state index contributed by atoms with van der Waals surface area (Å²) in [5, 5.41) is 2.93. The van der Waals surface area contributed by atoms with Gasteiger partial charge in [-0.3, -0.25) is 4.79 Å². The van der Waals surface area contributed by atoms with E-state index in [0.29, 0.717) is 19.4 Å². The van der Waals surface area contributed by atoms with Crippen molar-refractivity contribution >= 4 is 21.6 Å². The largest absolute Gasteiger partial charge is 0.326 e. The number of hydrogen-bond donors (Lipinski definition) is 1. The highest BCUT2D eigenvalue weighted by Gasteiger charge is 2.33. The summed E-state index contributed by atoms with van der Waals surface area (Å²) in [6.07, 6.45) is 1.23. The van der Waals surface area contributed by atoms with Crippen LogP contribution >= 0.6 is 0 Å². The molecule has 1 aliphatic heterocycles. The van der Waals surface area contributed by atoms with Crippen LogP contribution in [0.1, 0.15) is 24.0 Å². The van der Waals surface area contributed by atoms with Crippen molar-refractivity contribution < 1.29 is 17.6 Å². The molecule has 2 aromatic rings. The molecule has 2 aromatic carbocycles. The Kier molecular flexibility index (Phi) is 5.62. The van der Waals surface area contributed by atoms with E-state index in [0.717, 1.165) is 28.9 Å². The Morgan fingerprint density at radius 2 is 1.85 bits per heavy atom. The summed E-state index contributed by atoms with van der Waals surface area (Å²) in [7, 11) is -3.75. The Balaban J connectivity index is 1.74. The molecular weight excluding hydrogens is 367 g/mol. The number of sulfonamides is 1. The van der Waals surface area contributed by atoms with Crippen molar-refractivity contribution in [2.75, 3.05) is 18.4 Å². The van der Waals surface area contributed by atoms with Gasteiger partial charge in [0.15, 0.2) is 0 Å². The molecule has 0 bridgehead atoms. The second-order valence-electron chi connectivity index (χ2n) is 6.96. The lowest BCUT2D eigenvalue weighted by Gasteiger charge is -2.31. The zero-order valence-electron chi connectivity index (χ0n) is 15.4. The standard InChI is InChI=1S/C20H23FN2O3S/c1-14-5-6-15(2)19(12-14)22-20(24)16-4-3-11-23(13-16)27(25,26)18-9-7-17(21)8-10-18/h5-10,12,16H,3-4,11,13H2,1-2H3,(H,22,24). The van der Waals surface area contributed by atoms with Gasteiger partial charge in [0.25, 0.3) is 0 Å². The summed E-state index contributed by atoms with van der Waals surface area (Å²) in [6.45, 7) is 4.34. The highest BCUT2D eigenvalue weighted by molar-refractivity contribution is 7.89. The van der Waals surface area contributed by atoms with Crippen molar-refractivity contribution in [3.8, 4) is 0 Å². The molecule has 1 atom stereocenters. The second-order valence-corrected chi connectivity index (χ2v) is 8.90. The number of anilines is 1. The molecule has 1 aliphatic rings. The lowest BCUT2D eigenvalue weighted by molar-refractivity contribution is -0.120. The number of nitrogens with one attached hydrogen (secondary N) is 1. The van der Waals surface area contributed by atoms with Crippen LogP contribution in [-0.2, 0) is 14.8 Å². The third-order valence-electron chi connectivity index (χ3n) is 4.86. The van der Waals surface area contributed by atoms with Gasteiger partial charge in [-0.1, -0.05) is 12.1 Å². The van der Waals surface area contributed by atoms with Crippen LogP contribution in [0.4, 0.5) is 10.1 Å². The molecule has 1 unspecified atom stereocenters. The maximum Gasteiger partial charge on any atom is 0.243 e. The van der Waals surface area contributed by atoms with E-state index >= 15 is 0 Å². The van der Waals surface area contributed by atoms with Gasteiger partial charge in [0.05, 0.1) is 10.8 Å². The molecule has 7 heteroatoms. The first-order valence-corrected chi connectivity index (χ1v) is 10.4. The third-order valence-corrected chi connectivity index (χ3v) is 6.74. The minimum absolute atomic E-state index is 0.0412. The summed E-state index contributed by atoms with van der Waals surface area (Å²) in [5.74, 6) is -1.09. The fourth-order valence-corrected chi connectivity index (χ4v) is 4.76. The quantitative estimate of drug-likeness (QED) is 0.869. The number of hydrogen-bond acceptors (Lipinski definition) is 3. The van der Waals surface area contributed by atoms with E-state index in [4.69, 9.17) is 0 Å². The second kappa shape index (κ2) is 7.78. The molecule has 0 radical (unpaired) electrons. The molecule has 27 heavy (non-hydrogen) atoms. The Hall–Kier alpha value is -2.25. The lowest BCUT2D eigenvalue weighted by atomic mass is 9.98. The number of amides is 1. The molecular formula is C20H23FN2O3S. The smallest absolute Gasteiger partial charge is 0.243 e. The van der Waals surface area contributed by atoms with Gasteiger partial charge in [-0.05, 0) is 68.1 Å². The van der Waals surface area contributed by atoms with Gasteiger partial charge in [0, 0.05) is 18.8 Å². The summed E-state index contributed by atoms with van der Waals surface area (Å²) >= 11 is 0. The number of carbonyl (C=O) groups excluding carboxylic acids is 1. The maximum atomic E-state index is 13.1. The first kappa shape index (κ1) is 19.5. The van der Waals surface area contributed by atoms with Gasteiger partial charge >= 0.3 is 0 Å². The molecule has 5 nitrogen and oxygen atoms in total. The van der Waals surface area contributed by atoms with Crippen molar-refractivity contribution in [2.45, 2.75) is 31.6 Å². The first-order valence-electron chi connectivity index (χ1n) is 8.91. The molecule has 0 aliphatic carbocycles. The van der Waals surface area contributed by atoms with Gasteiger partial charge < -0.3 is 5.32 Å². The monoisotopic (exact) mass is 390 g/mol. The summed E-state index contributed by atoms with van der Waals surface area (Å²) < 4.78 is 40.0. The van der Waals surface area contributed by atoms with Crippen LogP contribution in [0.15, 0.2) is 47.4 Å². The van der Waals surface area contributed by atoms with E-state index in [9.17, 15) is 17.6 Å². The average Bonchev–Trinajstić information content (AvgIpc) is 2.65. The number of carbonyl (C=O) groups is 1. The van der Waals surface area contributed by atoms with Crippen molar-refractivity contribution in [3.63, 3.8) is 0 Å². The summed E-state index contributed by atoms with van der Waals surface area (Å²) in [5.41, 5.74) is 2.75. The SMILES string of the molecule is Cc1ccc(C)c(NC(=O)C2CCCN(S(=O)(=O)c3ccc(F)cc3)C2)c1. The van der Waals surface area contributed by atoms with E-state index in [1.54, 1.807) is 0 Å². The Morgan fingerprint density at radius 1 is 1.15 bits per heavy atom. The molecule has 1 heterocycles. The number of aryl methyl sites for hydroxylation is 2. The number of rotatable bonds is 4. The summed E-state index contributed by atoms with van der Waals surface area (Å²) in [6, 6.07) is 10.6. The number of halogens is 1. The van der Waals surface area contributed by atoms with Crippen LogP contribution in [-0.4, -0.2) is 31.7 Å². The van der Waals surface area contributed by atoms with Gasteiger partial charge in [0.2, 0.25) is 15.9 Å². The van der Waals surface area contributed by atoms with Crippen LogP contribution in [0, 0.1) is 25.6 Å². The molecule has 1 fully saturated rings. The van der Waals surface area contributed by atoms with Gasteiger partial charge in [-0.2, -0.15) is 4.31 Å². The van der Waals surface area contributed by atoms with Crippen LogP contribution in [0.25, 0.3) is 0 Å². The Morgan fingerprint density at radius 3 is 2.56 bits per heavy atom. The molecule has 3 rings (SSSR count). The van der Waals surface area contributed by atoms with Crippen LogP contribution in [0.5, 0.6) is 0 Å². The first-order chi connectivity index (χ1) is 12.8. The van der Waals surface area contributed by atoms with E-state index in [2.05, 4.69) is 5.32 Å². The van der Waals surface area contributed by atoms with Crippen LogP contribution in [0.2, 0.25) is 0 Å². The van der Waals surface area contributed by atoms with E-state index in [-0.39, 0.29) is 17.3 Å². The van der Waals surface area contributed by atoms with Crippen LogP contribution < -0.4 is 5.32 Å². The highest BCUT2D eigenvalue weighted by Crippen LogP contribution is 2.26. The summed E-state index contributed by atoms with van der Waals surface area (Å²) in [4.78, 5) is 12.7. The Labute approximate surface area is 159 Å². The van der Waals surface area contributed by atoms with Gasteiger partial charge in [-0.25, -0.2) is 12.8 Å². The molecule has 0 saturated carbocycles. The highest BCUT2D eigenvalue weighted by atomic mass is 32.2. The molecule has 0 spiro atoms.